The second-order valence-corrected chi connectivity index (χ2v) is 8.16. The lowest BCUT2D eigenvalue weighted by molar-refractivity contribution is -0.384. The van der Waals surface area contributed by atoms with Gasteiger partial charge in [0, 0.05) is 6.07 Å². The molecule has 182 valence electrons. The second-order valence-electron chi connectivity index (χ2n) is 7.75. The Hall–Kier alpha value is -4.18. The van der Waals surface area contributed by atoms with Gasteiger partial charge in [-0.1, -0.05) is 37.6 Å². The molecule has 0 spiro atoms. The molecule has 2 aromatic carbocycles. The van der Waals surface area contributed by atoms with Gasteiger partial charge in [0.05, 0.1) is 40.5 Å². The maximum absolute atomic E-state index is 12.6. The number of nitrogens with zero attached hydrogens (tertiary/aromatic N) is 2. The molecule has 2 amide bonds. The third-order valence-corrected chi connectivity index (χ3v) is 5.34. The largest absolute Gasteiger partial charge is 0.496 e. The summed E-state index contributed by atoms with van der Waals surface area (Å²) in [5, 5.41) is 17.8. The molecule has 10 nitrogen and oxygen atoms in total. The van der Waals surface area contributed by atoms with Crippen molar-refractivity contribution < 1.29 is 23.7 Å². The number of rotatable bonds is 9. The highest BCUT2D eigenvalue weighted by molar-refractivity contribution is 6.33. The maximum atomic E-state index is 12.6. The van der Waals surface area contributed by atoms with E-state index in [1.54, 1.807) is 50.2 Å². The molecule has 2 N–H and O–H groups in total. The molecule has 0 saturated heterocycles. The molecular weight excluding hydrogens is 476 g/mol. The van der Waals surface area contributed by atoms with Gasteiger partial charge in [-0.25, -0.2) is 5.43 Å². The van der Waals surface area contributed by atoms with Crippen molar-refractivity contribution in [3.8, 4) is 17.1 Å². The Kier molecular flexibility index (Phi) is 8.21. The molecule has 1 atom stereocenters. The summed E-state index contributed by atoms with van der Waals surface area (Å²) in [5.41, 5.74) is 3.07. The average molecular weight is 499 g/mol. The molecule has 3 rings (SSSR count). The van der Waals surface area contributed by atoms with E-state index >= 15 is 0 Å². The molecule has 1 aromatic heterocycles. The van der Waals surface area contributed by atoms with Gasteiger partial charge in [-0.15, -0.1) is 0 Å². The van der Waals surface area contributed by atoms with Crippen LogP contribution in [0.2, 0.25) is 5.02 Å². The summed E-state index contributed by atoms with van der Waals surface area (Å²) in [7, 11) is 1.40. The fourth-order valence-electron chi connectivity index (χ4n) is 3.19. The van der Waals surface area contributed by atoms with Gasteiger partial charge in [-0.3, -0.25) is 19.7 Å². The second kappa shape index (κ2) is 11.3. The summed E-state index contributed by atoms with van der Waals surface area (Å²) in [6.45, 7) is 3.58. The van der Waals surface area contributed by atoms with Crippen LogP contribution in [0.3, 0.4) is 0 Å². The number of nitro groups is 1. The van der Waals surface area contributed by atoms with Crippen LogP contribution in [0.25, 0.3) is 11.3 Å². The van der Waals surface area contributed by atoms with E-state index in [0.29, 0.717) is 17.1 Å². The van der Waals surface area contributed by atoms with Gasteiger partial charge in [0.15, 0.2) is 0 Å². The van der Waals surface area contributed by atoms with Crippen molar-refractivity contribution in [2.24, 2.45) is 11.0 Å². The van der Waals surface area contributed by atoms with E-state index in [2.05, 4.69) is 15.8 Å². The summed E-state index contributed by atoms with van der Waals surface area (Å²) >= 11 is 6.07. The molecule has 0 saturated carbocycles. The summed E-state index contributed by atoms with van der Waals surface area (Å²) in [6.07, 6.45) is 1.30. The Morgan fingerprint density at radius 3 is 2.57 bits per heavy atom. The van der Waals surface area contributed by atoms with Gasteiger partial charge in [0.1, 0.15) is 23.3 Å². The van der Waals surface area contributed by atoms with Gasteiger partial charge in [0.25, 0.3) is 17.5 Å². The predicted molar refractivity (Wildman–Crippen MR) is 131 cm³/mol. The monoisotopic (exact) mass is 498 g/mol. The fraction of sp³-hybridized carbons (Fsp3) is 0.208. The number of carbonyl (C=O) groups excluding carboxylic acids is 2. The quantitative estimate of drug-likeness (QED) is 0.254. The van der Waals surface area contributed by atoms with Crippen LogP contribution in [0.1, 0.15) is 30.0 Å². The summed E-state index contributed by atoms with van der Waals surface area (Å²) in [4.78, 5) is 35.7. The number of benzene rings is 2. The van der Waals surface area contributed by atoms with Crippen LogP contribution in [0.4, 0.5) is 5.69 Å². The standard InChI is InChI=1S/C24H23ClN4O6/c1-14(2)22(27-23(30)17-6-4-5-7-19(17)25)24(31)28-26-13-16-9-11-20(35-16)18-10-8-15(29(32)33)12-21(18)34-3/h4-14,22H,1-3H3,(H,27,30)(H,28,31)/b26-13-. The number of hydrogen-bond acceptors (Lipinski definition) is 7. The highest BCUT2D eigenvalue weighted by Gasteiger charge is 2.25. The van der Waals surface area contributed by atoms with Crippen molar-refractivity contribution in [3.63, 3.8) is 0 Å². The Morgan fingerprint density at radius 1 is 1.17 bits per heavy atom. The number of carbonyl (C=O) groups is 2. The van der Waals surface area contributed by atoms with Gasteiger partial charge < -0.3 is 14.5 Å². The first-order chi connectivity index (χ1) is 16.7. The van der Waals surface area contributed by atoms with E-state index in [0.717, 1.165) is 0 Å². The highest BCUT2D eigenvalue weighted by Crippen LogP contribution is 2.34. The number of nitrogens with one attached hydrogen (secondary N) is 2. The van der Waals surface area contributed by atoms with Gasteiger partial charge in [-0.2, -0.15) is 5.10 Å². The molecule has 35 heavy (non-hydrogen) atoms. The van der Waals surface area contributed by atoms with Crippen molar-refractivity contribution in [1.82, 2.24) is 10.7 Å². The Bertz CT molecular complexity index is 1270. The molecule has 0 aliphatic heterocycles. The maximum Gasteiger partial charge on any atom is 0.273 e. The first-order valence-corrected chi connectivity index (χ1v) is 10.9. The molecule has 1 unspecified atom stereocenters. The Balaban J connectivity index is 1.68. The van der Waals surface area contributed by atoms with Crippen LogP contribution in [-0.2, 0) is 4.79 Å². The zero-order chi connectivity index (χ0) is 25.5. The predicted octanol–water partition coefficient (Wildman–Crippen LogP) is 4.42. The lowest BCUT2D eigenvalue weighted by Gasteiger charge is -2.20. The Labute approximate surface area is 206 Å². The summed E-state index contributed by atoms with van der Waals surface area (Å²) < 4.78 is 10.9. The van der Waals surface area contributed by atoms with Crippen LogP contribution in [0.5, 0.6) is 5.75 Å². The number of methoxy groups -OCH3 is 1. The van der Waals surface area contributed by atoms with Crippen molar-refractivity contribution in [2.75, 3.05) is 7.11 Å². The molecule has 0 aliphatic carbocycles. The van der Waals surface area contributed by atoms with Crippen molar-refractivity contribution in [1.29, 1.82) is 0 Å². The number of amides is 2. The molecule has 0 fully saturated rings. The summed E-state index contributed by atoms with van der Waals surface area (Å²) in [5.74, 6) is -0.207. The lowest BCUT2D eigenvalue weighted by atomic mass is 10.0. The number of non-ortho nitro benzene ring substituents is 1. The van der Waals surface area contributed by atoms with Crippen molar-refractivity contribution in [2.45, 2.75) is 19.9 Å². The van der Waals surface area contributed by atoms with Crippen molar-refractivity contribution >= 4 is 35.3 Å². The van der Waals surface area contributed by atoms with Gasteiger partial charge in [-0.05, 0) is 36.2 Å². The third kappa shape index (κ3) is 6.24. The van der Waals surface area contributed by atoms with Crippen LogP contribution < -0.4 is 15.5 Å². The van der Waals surface area contributed by atoms with Gasteiger partial charge >= 0.3 is 0 Å². The topological polar surface area (TPSA) is 136 Å². The summed E-state index contributed by atoms with van der Waals surface area (Å²) in [6, 6.07) is 13.1. The molecular formula is C24H23ClN4O6. The first-order valence-electron chi connectivity index (χ1n) is 10.5. The smallest absolute Gasteiger partial charge is 0.273 e. The Morgan fingerprint density at radius 2 is 1.91 bits per heavy atom. The van der Waals surface area contributed by atoms with Crippen LogP contribution in [0, 0.1) is 16.0 Å². The number of nitro benzene ring substituents is 1. The van der Waals surface area contributed by atoms with E-state index in [1.165, 1.54) is 31.5 Å². The van der Waals surface area contributed by atoms with Crippen LogP contribution in [-0.4, -0.2) is 36.1 Å². The van der Waals surface area contributed by atoms with Crippen molar-refractivity contribution in [3.05, 3.63) is 81.1 Å². The number of ether oxygens (including phenoxy) is 1. The molecule has 11 heteroatoms. The molecule has 0 aliphatic rings. The fourth-order valence-corrected chi connectivity index (χ4v) is 3.41. The minimum Gasteiger partial charge on any atom is -0.496 e. The zero-order valence-electron chi connectivity index (χ0n) is 19.2. The number of hydrogen-bond donors (Lipinski definition) is 2. The number of halogens is 1. The molecule has 0 bridgehead atoms. The highest BCUT2D eigenvalue weighted by atomic mass is 35.5. The third-order valence-electron chi connectivity index (χ3n) is 5.01. The van der Waals surface area contributed by atoms with Crippen LogP contribution in [0.15, 0.2) is 64.1 Å². The molecule has 1 heterocycles. The van der Waals surface area contributed by atoms with Gasteiger partial charge in [0.2, 0.25) is 0 Å². The lowest BCUT2D eigenvalue weighted by Crippen LogP contribution is -2.48. The number of furan rings is 1. The van der Waals surface area contributed by atoms with E-state index in [9.17, 15) is 19.7 Å². The average Bonchev–Trinajstić information content (AvgIpc) is 3.30. The minimum atomic E-state index is -0.854. The number of hydrazone groups is 1. The molecule has 3 aromatic rings. The van der Waals surface area contributed by atoms with E-state index in [-0.39, 0.29) is 27.9 Å². The zero-order valence-corrected chi connectivity index (χ0v) is 19.9. The minimum absolute atomic E-state index is 0.108. The molecule has 0 radical (unpaired) electrons. The van der Waals surface area contributed by atoms with E-state index in [4.69, 9.17) is 20.8 Å². The van der Waals surface area contributed by atoms with Crippen LogP contribution >= 0.6 is 11.6 Å². The van der Waals surface area contributed by atoms with E-state index in [1.807, 2.05) is 0 Å². The first kappa shape index (κ1) is 25.4. The van der Waals surface area contributed by atoms with E-state index < -0.39 is 22.8 Å². The normalized spacial score (nSPS) is 11.9. The SMILES string of the molecule is COc1cc([N+](=O)[O-])ccc1-c1ccc(/C=N\NC(=O)C(NC(=O)c2ccccc2Cl)C(C)C)o1.